The first-order valence-electron chi connectivity index (χ1n) is 15.9. The number of hydrogen-bond acceptors (Lipinski definition) is 12. The van der Waals surface area contributed by atoms with E-state index in [1.807, 2.05) is 0 Å². The van der Waals surface area contributed by atoms with Gasteiger partial charge < -0.3 is 50.4 Å². The van der Waals surface area contributed by atoms with Crippen molar-refractivity contribution in [1.82, 2.24) is 20.4 Å². The molecule has 6 rings (SSSR count). The van der Waals surface area contributed by atoms with Gasteiger partial charge in [-0.2, -0.15) is 0 Å². The smallest absolute Gasteiger partial charge is 0.548 e. The van der Waals surface area contributed by atoms with Crippen LogP contribution in [0.2, 0.25) is 0 Å². The van der Waals surface area contributed by atoms with Gasteiger partial charge in [0.15, 0.2) is 11.8 Å². The number of rotatable bonds is 10. The number of hydrogen-bond donors (Lipinski definition) is 4. The number of carboxylic acid groups (broad SMARTS) is 4. The second kappa shape index (κ2) is 17.4. The number of fused-ring (bicyclic) bond motifs is 2. The number of carbonyl (C=O) groups excluding carboxylic acids is 6. The maximum absolute atomic E-state index is 12.5. The topological polar surface area (TPSA) is 254 Å². The molecule has 4 heterocycles. The quantitative estimate of drug-likeness (QED) is 0.0990. The maximum Gasteiger partial charge on any atom is 1.00 e. The molecule has 20 heteroatoms. The van der Waals surface area contributed by atoms with Gasteiger partial charge in [0.1, 0.15) is 22.8 Å². The summed E-state index contributed by atoms with van der Waals surface area (Å²) in [6.45, 7) is 6.75. The molecule has 4 fully saturated rings. The average Bonchev–Trinajstić information content (AvgIpc) is 3.48. The van der Waals surface area contributed by atoms with Crippen molar-refractivity contribution in [3.8, 4) is 0 Å². The Morgan fingerprint density at radius 2 is 0.926 bits per heavy atom. The molecule has 16 nitrogen and oxygen atoms in total. The predicted octanol–water partition coefficient (Wildman–Crippen LogP) is -7.69. The number of β-lactam (4-membered cyclic amide) rings is 2. The van der Waals surface area contributed by atoms with Gasteiger partial charge in [0, 0.05) is 9.49 Å². The van der Waals surface area contributed by atoms with Gasteiger partial charge in [-0.25, -0.2) is 0 Å². The fourth-order valence-electron chi connectivity index (χ4n) is 6.83. The Morgan fingerprint density at radius 3 is 1.19 bits per heavy atom. The minimum absolute atomic E-state index is 0. The molecule has 0 saturated carbocycles. The standard InChI is InChI=1S/2C17H18N2O6S.2Na/c2*1-17(2)11(16(24)25)19-13(21)10(14(19)26-17)18-12(20)9(15(22)23)8-6-4-3-5-7-8;;/h2*3-7,9-11,14H,1-2H3,(H,18,20)(H,22,23)(H,24,25);;/q;;2*+1/p-2/t2*9?,10-,11+,14-;;/m11../s1. The molecule has 4 N–H and O–H groups in total. The molecule has 0 spiro atoms. The van der Waals surface area contributed by atoms with Crippen LogP contribution in [-0.4, -0.2) is 112 Å². The third-order valence-electron chi connectivity index (χ3n) is 9.21. The Kier molecular flexibility index (Phi) is 14.6. The monoisotopic (exact) mass is 800 g/mol. The summed E-state index contributed by atoms with van der Waals surface area (Å²) in [5, 5.41) is 45.4. The number of carbonyl (C=O) groups is 8. The molecule has 4 saturated heterocycles. The van der Waals surface area contributed by atoms with Crippen LogP contribution in [-0.2, 0) is 38.4 Å². The maximum atomic E-state index is 12.5. The first-order chi connectivity index (χ1) is 24.3. The van der Waals surface area contributed by atoms with Crippen molar-refractivity contribution in [3.05, 3.63) is 71.8 Å². The van der Waals surface area contributed by atoms with E-state index in [9.17, 15) is 58.8 Å². The Morgan fingerprint density at radius 1 is 0.630 bits per heavy atom. The first kappa shape index (κ1) is 45.3. The molecule has 4 amide bonds. The van der Waals surface area contributed by atoms with Crippen LogP contribution in [0.3, 0.4) is 0 Å². The normalized spacial score (nSPS) is 26.2. The van der Waals surface area contributed by atoms with E-state index in [0.717, 1.165) is 0 Å². The molecule has 8 atom stereocenters. The predicted molar refractivity (Wildman–Crippen MR) is 180 cm³/mol. The number of thioether (sulfide) groups is 2. The van der Waals surface area contributed by atoms with Crippen molar-refractivity contribution >= 4 is 71.0 Å². The zero-order valence-electron chi connectivity index (χ0n) is 30.1. The number of aliphatic carboxylic acids is 4. The zero-order valence-corrected chi connectivity index (χ0v) is 35.7. The summed E-state index contributed by atoms with van der Waals surface area (Å²) < 4.78 is -1.55. The van der Waals surface area contributed by atoms with E-state index in [1.165, 1.54) is 57.6 Å². The number of benzene rings is 2. The van der Waals surface area contributed by atoms with Crippen LogP contribution in [0.5, 0.6) is 0 Å². The molecule has 4 aliphatic heterocycles. The van der Waals surface area contributed by atoms with E-state index < -0.39 is 104 Å². The van der Waals surface area contributed by atoms with Gasteiger partial charge in [0.25, 0.3) is 0 Å². The van der Waals surface area contributed by atoms with Crippen LogP contribution in [0, 0.1) is 0 Å². The van der Waals surface area contributed by atoms with Gasteiger partial charge in [-0.3, -0.25) is 28.8 Å². The summed E-state index contributed by atoms with van der Waals surface area (Å²) in [6, 6.07) is 11.9. The summed E-state index contributed by atoms with van der Waals surface area (Å²) in [5.74, 6) is -11.0. The molecule has 4 aliphatic rings. The summed E-state index contributed by atoms with van der Waals surface area (Å²) >= 11 is 2.49. The minimum Gasteiger partial charge on any atom is -0.548 e. The SMILES string of the molecule is CC1(C)S[C@@H]2[C@H](NC(=O)C(C(=O)O)c3ccccc3)C(=O)N2[C@H]1C(=O)[O-].CC1(C)S[C@@H]2[C@H](NC(=O)C(C(=O)O)c3ccccc3)C(=O)N2[C@H]1C(=O)[O-].[Na+].[Na+]. The molecule has 276 valence electrons. The largest absolute Gasteiger partial charge is 1.00 e. The van der Waals surface area contributed by atoms with Crippen LogP contribution in [0.25, 0.3) is 0 Å². The summed E-state index contributed by atoms with van der Waals surface area (Å²) in [5.41, 5.74) is 0.598. The minimum atomic E-state index is -1.45. The van der Waals surface area contributed by atoms with Crippen molar-refractivity contribution in [2.24, 2.45) is 0 Å². The molecule has 54 heavy (non-hydrogen) atoms. The van der Waals surface area contributed by atoms with E-state index in [-0.39, 0.29) is 59.1 Å². The molecule has 0 bridgehead atoms. The van der Waals surface area contributed by atoms with Gasteiger partial charge in [0.05, 0.1) is 24.0 Å². The molecular formula is C34H34N4Na2O12S2. The third kappa shape index (κ3) is 8.50. The van der Waals surface area contributed by atoms with Gasteiger partial charge in [-0.15, -0.1) is 23.5 Å². The summed E-state index contributed by atoms with van der Waals surface area (Å²) in [6.07, 6.45) is 0. The summed E-state index contributed by atoms with van der Waals surface area (Å²) in [4.78, 5) is 97.9. The fourth-order valence-corrected chi connectivity index (χ4v) is 10.1. The third-order valence-corrected chi connectivity index (χ3v) is 12.4. The van der Waals surface area contributed by atoms with Crippen LogP contribution in [0.15, 0.2) is 60.7 Å². The molecule has 0 aliphatic carbocycles. The van der Waals surface area contributed by atoms with Crippen LogP contribution < -0.4 is 80.0 Å². The molecule has 2 aromatic rings. The van der Waals surface area contributed by atoms with E-state index in [2.05, 4.69) is 10.6 Å². The Balaban J connectivity index is 0.000000280. The van der Waals surface area contributed by atoms with E-state index in [4.69, 9.17) is 0 Å². The van der Waals surface area contributed by atoms with Crippen LogP contribution >= 0.6 is 23.5 Å². The zero-order chi connectivity index (χ0) is 38.4. The second-order valence-corrected chi connectivity index (χ2v) is 17.0. The van der Waals surface area contributed by atoms with Gasteiger partial charge >= 0.3 is 71.1 Å². The van der Waals surface area contributed by atoms with E-state index >= 15 is 0 Å². The van der Waals surface area contributed by atoms with Gasteiger partial charge in [-0.1, -0.05) is 60.7 Å². The van der Waals surface area contributed by atoms with Crippen molar-refractivity contribution in [3.63, 3.8) is 0 Å². The fraction of sp³-hybridized carbons (Fsp3) is 0.412. The first-order valence-corrected chi connectivity index (χ1v) is 17.6. The Labute approximate surface area is 362 Å². The van der Waals surface area contributed by atoms with Crippen molar-refractivity contribution in [2.45, 2.75) is 83.9 Å². The molecule has 0 radical (unpaired) electrons. The molecular weight excluding hydrogens is 767 g/mol. The number of nitrogens with zero attached hydrogens (tertiary/aromatic N) is 2. The number of nitrogens with one attached hydrogen (secondary N) is 2. The Bertz CT molecular complexity index is 1710. The summed E-state index contributed by atoms with van der Waals surface area (Å²) in [7, 11) is 0. The molecule has 0 aromatic heterocycles. The van der Waals surface area contributed by atoms with Crippen LogP contribution in [0.4, 0.5) is 0 Å². The average molecular weight is 801 g/mol. The van der Waals surface area contributed by atoms with Gasteiger partial charge in [-0.05, 0) is 38.8 Å². The van der Waals surface area contributed by atoms with Crippen LogP contribution in [0.1, 0.15) is 50.7 Å². The van der Waals surface area contributed by atoms with Crippen molar-refractivity contribution in [2.75, 3.05) is 0 Å². The number of amides is 4. The van der Waals surface area contributed by atoms with E-state index in [0.29, 0.717) is 11.1 Å². The van der Waals surface area contributed by atoms with Gasteiger partial charge in [0.2, 0.25) is 23.6 Å². The second-order valence-electron chi connectivity index (χ2n) is 13.5. The van der Waals surface area contributed by atoms with Crippen molar-refractivity contribution < 1.29 is 118 Å². The molecule has 2 unspecified atom stereocenters. The number of carboxylic acids is 4. The van der Waals surface area contributed by atoms with Crippen molar-refractivity contribution in [1.29, 1.82) is 0 Å². The molecule has 2 aromatic carbocycles. The van der Waals surface area contributed by atoms with E-state index in [1.54, 1.807) is 64.1 Å². The Hall–Kier alpha value is -3.10.